The Morgan fingerprint density at radius 1 is 1.00 bits per heavy atom. The van der Waals surface area contributed by atoms with Gasteiger partial charge in [-0.15, -0.1) is 0 Å². The second-order valence-electron chi connectivity index (χ2n) is 5.73. The molecule has 0 aliphatic rings. The Balaban J connectivity index is 2.21. The summed E-state index contributed by atoms with van der Waals surface area (Å²) in [6, 6.07) is 16.0. The molecule has 0 amide bonds. The van der Waals surface area contributed by atoms with Crippen molar-refractivity contribution in [3.63, 3.8) is 0 Å². The van der Waals surface area contributed by atoms with Crippen molar-refractivity contribution in [2.24, 2.45) is 0 Å². The molecule has 2 nitrogen and oxygen atoms in total. The summed E-state index contributed by atoms with van der Waals surface area (Å²) in [5.41, 5.74) is 4.93. The van der Waals surface area contributed by atoms with Crippen LogP contribution < -0.4 is 4.90 Å². The van der Waals surface area contributed by atoms with Crippen molar-refractivity contribution in [1.29, 1.82) is 0 Å². The number of Topliss-reactive ketones (excluding diaryl/α,β-unsaturated/α-hetero) is 1. The number of carbonyl (C=O) groups excluding carboxylic acids is 1. The van der Waals surface area contributed by atoms with Crippen molar-refractivity contribution in [2.75, 3.05) is 18.0 Å². The molecule has 2 heteroatoms. The van der Waals surface area contributed by atoms with E-state index in [1.54, 1.807) is 0 Å². The normalized spacial score (nSPS) is 11.4. The first kappa shape index (κ1) is 17.0. The molecule has 0 spiro atoms. The van der Waals surface area contributed by atoms with Crippen LogP contribution in [0.1, 0.15) is 42.3 Å². The number of carbonyl (C=O) groups is 1. The molecule has 0 saturated carbocycles. The third-order valence-corrected chi connectivity index (χ3v) is 4.18. The molecule has 0 heterocycles. The van der Waals surface area contributed by atoms with Gasteiger partial charge in [0, 0.05) is 24.3 Å². The molecule has 0 saturated heterocycles. The Hall–Kier alpha value is -2.35. The molecule has 0 aliphatic carbocycles. The van der Waals surface area contributed by atoms with Crippen molar-refractivity contribution in [2.45, 2.75) is 27.7 Å². The van der Waals surface area contributed by atoms with Crippen LogP contribution >= 0.6 is 0 Å². The van der Waals surface area contributed by atoms with Crippen LogP contribution in [0.25, 0.3) is 6.08 Å². The highest BCUT2D eigenvalue weighted by Crippen LogP contribution is 2.19. The lowest BCUT2D eigenvalue weighted by Crippen LogP contribution is -2.21. The average molecular weight is 307 g/mol. The molecule has 0 fully saturated rings. The largest absolute Gasteiger partial charge is 0.372 e. The molecule has 0 radical (unpaired) electrons. The number of hydrogen-bond acceptors (Lipinski definition) is 2. The van der Waals surface area contributed by atoms with Crippen LogP contribution in [0.2, 0.25) is 0 Å². The van der Waals surface area contributed by atoms with Crippen molar-refractivity contribution in [3.05, 3.63) is 70.8 Å². The maximum Gasteiger partial charge on any atom is 0.188 e. The smallest absolute Gasteiger partial charge is 0.188 e. The van der Waals surface area contributed by atoms with Gasteiger partial charge in [0.1, 0.15) is 0 Å². The van der Waals surface area contributed by atoms with E-state index in [9.17, 15) is 4.79 Å². The summed E-state index contributed by atoms with van der Waals surface area (Å²) >= 11 is 0. The first-order valence-corrected chi connectivity index (χ1v) is 8.20. The first-order chi connectivity index (χ1) is 11.1. The van der Waals surface area contributed by atoms with Gasteiger partial charge in [-0.25, -0.2) is 0 Å². The summed E-state index contributed by atoms with van der Waals surface area (Å²) in [5.74, 6) is 0.0827. The molecular formula is C21H25NO. The van der Waals surface area contributed by atoms with Gasteiger partial charge in [-0.3, -0.25) is 4.79 Å². The van der Waals surface area contributed by atoms with Crippen LogP contribution in [0, 0.1) is 6.92 Å². The SMILES string of the molecule is CCN(CC)c1ccc(C(=O)C(C)=Cc2ccccc2C)cc1. The summed E-state index contributed by atoms with van der Waals surface area (Å²) in [7, 11) is 0. The third kappa shape index (κ3) is 4.10. The molecule has 0 N–H and O–H groups in total. The Morgan fingerprint density at radius 3 is 2.17 bits per heavy atom. The highest BCUT2D eigenvalue weighted by atomic mass is 16.1. The van der Waals surface area contributed by atoms with Crippen molar-refractivity contribution in [1.82, 2.24) is 0 Å². The van der Waals surface area contributed by atoms with Gasteiger partial charge in [0.15, 0.2) is 5.78 Å². The number of rotatable bonds is 6. The zero-order valence-corrected chi connectivity index (χ0v) is 14.5. The van der Waals surface area contributed by atoms with Gasteiger partial charge >= 0.3 is 0 Å². The van der Waals surface area contributed by atoms with Crippen molar-refractivity contribution >= 4 is 17.5 Å². The molecule has 120 valence electrons. The first-order valence-electron chi connectivity index (χ1n) is 8.20. The lowest BCUT2D eigenvalue weighted by Gasteiger charge is -2.21. The fourth-order valence-electron chi connectivity index (χ4n) is 2.69. The van der Waals surface area contributed by atoms with Gasteiger partial charge < -0.3 is 4.90 Å². The van der Waals surface area contributed by atoms with Crippen molar-refractivity contribution in [3.8, 4) is 0 Å². The quantitative estimate of drug-likeness (QED) is 0.545. The number of anilines is 1. The van der Waals surface area contributed by atoms with E-state index in [4.69, 9.17) is 0 Å². The molecule has 2 rings (SSSR count). The second kappa shape index (κ2) is 7.77. The fraction of sp³-hybridized carbons (Fsp3) is 0.286. The van der Waals surface area contributed by atoms with Gasteiger partial charge in [-0.2, -0.15) is 0 Å². The molecule has 23 heavy (non-hydrogen) atoms. The number of aryl methyl sites for hydroxylation is 1. The van der Waals surface area contributed by atoms with Crippen LogP contribution in [0.3, 0.4) is 0 Å². The standard InChI is InChI=1S/C21H25NO/c1-5-22(6-2)20-13-11-18(12-14-20)21(23)17(4)15-19-10-8-7-9-16(19)3/h7-15H,5-6H2,1-4H3. The maximum atomic E-state index is 12.6. The minimum atomic E-state index is 0.0827. The summed E-state index contributed by atoms with van der Waals surface area (Å²) in [6.07, 6.45) is 1.97. The van der Waals surface area contributed by atoms with E-state index in [-0.39, 0.29) is 5.78 Å². The number of hydrogen-bond donors (Lipinski definition) is 0. The van der Waals surface area contributed by atoms with E-state index in [1.165, 1.54) is 5.56 Å². The summed E-state index contributed by atoms with van der Waals surface area (Å²) in [5, 5.41) is 0. The maximum absolute atomic E-state index is 12.6. The highest BCUT2D eigenvalue weighted by molar-refractivity contribution is 6.11. The fourth-order valence-corrected chi connectivity index (χ4v) is 2.69. The van der Waals surface area contributed by atoms with E-state index in [0.29, 0.717) is 0 Å². The monoisotopic (exact) mass is 307 g/mol. The minimum absolute atomic E-state index is 0.0827. The molecule has 2 aromatic rings. The molecule has 0 aliphatic heterocycles. The number of allylic oxidation sites excluding steroid dienone is 1. The summed E-state index contributed by atoms with van der Waals surface area (Å²) in [4.78, 5) is 14.9. The zero-order chi connectivity index (χ0) is 16.8. The van der Waals surface area contributed by atoms with E-state index in [2.05, 4.69) is 31.7 Å². The van der Waals surface area contributed by atoms with E-state index in [1.807, 2.05) is 55.5 Å². The second-order valence-corrected chi connectivity index (χ2v) is 5.73. The number of nitrogens with zero attached hydrogens (tertiary/aromatic N) is 1. The van der Waals surface area contributed by atoms with Gasteiger partial charge in [0.2, 0.25) is 0 Å². The van der Waals surface area contributed by atoms with Crippen LogP contribution in [0.5, 0.6) is 0 Å². The molecule has 2 aromatic carbocycles. The molecule has 0 unspecified atom stereocenters. The van der Waals surface area contributed by atoms with Gasteiger partial charge in [-0.05, 0) is 74.7 Å². The Morgan fingerprint density at radius 2 is 1.61 bits per heavy atom. The number of ketones is 1. The van der Waals surface area contributed by atoms with E-state index >= 15 is 0 Å². The Bertz CT molecular complexity index is 694. The van der Waals surface area contributed by atoms with Crippen LogP contribution in [-0.4, -0.2) is 18.9 Å². The molecule has 0 atom stereocenters. The molecular weight excluding hydrogens is 282 g/mol. The minimum Gasteiger partial charge on any atom is -0.372 e. The van der Waals surface area contributed by atoms with Crippen LogP contribution in [0.15, 0.2) is 54.1 Å². The third-order valence-electron chi connectivity index (χ3n) is 4.18. The Kier molecular flexibility index (Phi) is 5.75. The topological polar surface area (TPSA) is 20.3 Å². The molecule has 0 bridgehead atoms. The highest BCUT2D eigenvalue weighted by Gasteiger charge is 2.10. The predicted octanol–water partition coefficient (Wildman–Crippen LogP) is 5.13. The summed E-state index contributed by atoms with van der Waals surface area (Å²) in [6.45, 7) is 10.1. The summed E-state index contributed by atoms with van der Waals surface area (Å²) < 4.78 is 0. The van der Waals surface area contributed by atoms with Gasteiger partial charge in [0.25, 0.3) is 0 Å². The lowest BCUT2D eigenvalue weighted by molar-refractivity contribution is 0.103. The molecule has 0 aromatic heterocycles. The predicted molar refractivity (Wildman–Crippen MR) is 99.2 cm³/mol. The van der Waals surface area contributed by atoms with Crippen molar-refractivity contribution < 1.29 is 4.79 Å². The zero-order valence-electron chi connectivity index (χ0n) is 14.5. The van der Waals surface area contributed by atoms with Gasteiger partial charge in [0.05, 0.1) is 0 Å². The van der Waals surface area contributed by atoms with Crippen LogP contribution in [-0.2, 0) is 0 Å². The van der Waals surface area contributed by atoms with Gasteiger partial charge in [-0.1, -0.05) is 24.3 Å². The van der Waals surface area contributed by atoms with E-state index in [0.717, 1.165) is 35.5 Å². The number of benzene rings is 2. The van der Waals surface area contributed by atoms with Crippen LogP contribution in [0.4, 0.5) is 5.69 Å². The Labute approximate surface area is 139 Å². The van der Waals surface area contributed by atoms with E-state index < -0.39 is 0 Å². The average Bonchev–Trinajstić information content (AvgIpc) is 2.58. The lowest BCUT2D eigenvalue weighted by atomic mass is 10.00.